The first kappa shape index (κ1) is 9.92. The molecule has 0 nitrogen and oxygen atoms in total. The van der Waals surface area contributed by atoms with E-state index in [1.54, 1.807) is 0 Å². The second kappa shape index (κ2) is 3.64. The Morgan fingerprint density at radius 1 is 0.750 bits per heavy atom. The van der Waals surface area contributed by atoms with Crippen molar-refractivity contribution in [3.8, 4) is 0 Å². The SMILES string of the molecule is [B]c1ccc2ccc3ccc(Br)cc3c2c1. The largest absolute Gasteiger partial charge is 0.113 e. The third-order valence-electron chi connectivity index (χ3n) is 2.83. The molecule has 0 bridgehead atoms. The molecule has 0 aromatic heterocycles. The fourth-order valence-electron chi connectivity index (χ4n) is 2.04. The van der Waals surface area contributed by atoms with Gasteiger partial charge < -0.3 is 0 Å². The van der Waals surface area contributed by atoms with E-state index in [1.165, 1.54) is 21.5 Å². The molecular weight excluding hydrogens is 259 g/mol. The van der Waals surface area contributed by atoms with Crippen LogP contribution >= 0.6 is 15.9 Å². The maximum absolute atomic E-state index is 5.84. The number of hydrogen-bond donors (Lipinski definition) is 0. The molecule has 3 aromatic rings. The fourth-order valence-corrected chi connectivity index (χ4v) is 2.40. The molecule has 3 aromatic carbocycles. The van der Waals surface area contributed by atoms with Crippen molar-refractivity contribution in [1.82, 2.24) is 0 Å². The van der Waals surface area contributed by atoms with E-state index >= 15 is 0 Å². The summed E-state index contributed by atoms with van der Waals surface area (Å²) < 4.78 is 1.09. The maximum atomic E-state index is 5.84. The van der Waals surface area contributed by atoms with Gasteiger partial charge in [0.2, 0.25) is 0 Å². The van der Waals surface area contributed by atoms with Crippen molar-refractivity contribution in [2.45, 2.75) is 0 Å². The van der Waals surface area contributed by atoms with Gasteiger partial charge in [0.1, 0.15) is 7.85 Å². The Hall–Kier alpha value is -1.28. The predicted octanol–water partition coefficient (Wildman–Crippen LogP) is 3.55. The number of rotatable bonds is 0. The fraction of sp³-hybridized carbons (Fsp3) is 0. The minimum absolute atomic E-state index is 0.806. The van der Waals surface area contributed by atoms with Crippen LogP contribution in [0.15, 0.2) is 53.0 Å². The molecule has 0 saturated carbocycles. The molecule has 0 amide bonds. The predicted molar refractivity (Wildman–Crippen MR) is 74.5 cm³/mol. The lowest BCUT2D eigenvalue weighted by Gasteiger charge is -2.05. The van der Waals surface area contributed by atoms with Gasteiger partial charge in [-0.05, 0) is 33.7 Å². The Bertz CT molecular complexity index is 628. The highest BCUT2D eigenvalue weighted by Crippen LogP contribution is 2.27. The smallest absolute Gasteiger partial charge is 0.0960 e. The number of halogens is 1. The van der Waals surface area contributed by atoms with Crippen LogP contribution in [0.25, 0.3) is 21.5 Å². The molecule has 0 atom stereocenters. The van der Waals surface area contributed by atoms with E-state index < -0.39 is 0 Å². The van der Waals surface area contributed by atoms with Crippen LogP contribution in [-0.2, 0) is 0 Å². The molecule has 74 valence electrons. The molecule has 2 heteroatoms. The minimum Gasteiger partial charge on any atom is -0.0960 e. The zero-order chi connectivity index (χ0) is 11.1. The highest BCUT2D eigenvalue weighted by atomic mass is 79.9. The van der Waals surface area contributed by atoms with Crippen molar-refractivity contribution < 1.29 is 0 Å². The van der Waals surface area contributed by atoms with E-state index in [0.717, 1.165) is 9.94 Å². The molecule has 0 spiro atoms. The molecule has 0 N–H and O–H groups in total. The van der Waals surface area contributed by atoms with Crippen LogP contribution < -0.4 is 5.46 Å². The van der Waals surface area contributed by atoms with Gasteiger partial charge in [0, 0.05) is 4.47 Å². The lowest BCUT2D eigenvalue weighted by atomic mass is 9.91. The van der Waals surface area contributed by atoms with E-state index in [1.807, 2.05) is 12.1 Å². The highest BCUT2D eigenvalue weighted by Gasteiger charge is 2.01. The monoisotopic (exact) mass is 266 g/mol. The standard InChI is InChI=1S/C14H8BBr/c15-11-5-3-9-1-2-10-4-6-12(16)8-14(10)13(9)7-11/h1-8H. The molecule has 0 saturated heterocycles. The average Bonchev–Trinajstić information content (AvgIpc) is 2.29. The Morgan fingerprint density at radius 2 is 1.31 bits per heavy atom. The van der Waals surface area contributed by atoms with Crippen molar-refractivity contribution in [1.29, 1.82) is 0 Å². The van der Waals surface area contributed by atoms with Gasteiger partial charge in [0.05, 0.1) is 0 Å². The number of benzene rings is 3. The first-order chi connectivity index (χ1) is 7.74. The van der Waals surface area contributed by atoms with Gasteiger partial charge in [0.15, 0.2) is 0 Å². The first-order valence-electron chi connectivity index (χ1n) is 5.11. The van der Waals surface area contributed by atoms with E-state index in [2.05, 4.69) is 52.3 Å². The Balaban J connectivity index is 2.55. The Kier molecular flexibility index (Phi) is 2.25. The number of hydrogen-bond acceptors (Lipinski definition) is 0. The van der Waals surface area contributed by atoms with Gasteiger partial charge in [-0.1, -0.05) is 57.8 Å². The highest BCUT2D eigenvalue weighted by molar-refractivity contribution is 9.10. The third-order valence-corrected chi connectivity index (χ3v) is 3.32. The molecule has 0 unspecified atom stereocenters. The van der Waals surface area contributed by atoms with Crippen molar-refractivity contribution in [2.24, 2.45) is 0 Å². The molecule has 0 aliphatic heterocycles. The molecule has 0 aliphatic carbocycles. The van der Waals surface area contributed by atoms with E-state index in [4.69, 9.17) is 7.85 Å². The van der Waals surface area contributed by atoms with Gasteiger partial charge in [-0.15, -0.1) is 0 Å². The van der Waals surface area contributed by atoms with Crippen molar-refractivity contribution in [3.63, 3.8) is 0 Å². The summed E-state index contributed by atoms with van der Waals surface area (Å²) in [7, 11) is 5.84. The lowest BCUT2D eigenvalue weighted by molar-refractivity contribution is 1.73. The van der Waals surface area contributed by atoms with Gasteiger partial charge >= 0.3 is 0 Å². The second-order valence-corrected chi connectivity index (χ2v) is 4.83. The Morgan fingerprint density at radius 3 is 2.06 bits per heavy atom. The average molecular weight is 267 g/mol. The van der Waals surface area contributed by atoms with Gasteiger partial charge in [-0.25, -0.2) is 0 Å². The van der Waals surface area contributed by atoms with Crippen molar-refractivity contribution in [2.75, 3.05) is 0 Å². The molecule has 0 fully saturated rings. The van der Waals surface area contributed by atoms with Gasteiger partial charge in [-0.2, -0.15) is 0 Å². The summed E-state index contributed by atoms with van der Waals surface area (Å²) in [6, 6.07) is 16.6. The zero-order valence-electron chi connectivity index (χ0n) is 8.57. The topological polar surface area (TPSA) is 0 Å². The molecule has 3 rings (SSSR count). The summed E-state index contributed by atoms with van der Waals surface area (Å²) >= 11 is 3.51. The van der Waals surface area contributed by atoms with E-state index in [9.17, 15) is 0 Å². The summed E-state index contributed by atoms with van der Waals surface area (Å²) in [4.78, 5) is 0. The zero-order valence-corrected chi connectivity index (χ0v) is 10.2. The Labute approximate surface area is 104 Å². The second-order valence-electron chi connectivity index (χ2n) is 3.91. The van der Waals surface area contributed by atoms with Crippen molar-refractivity contribution in [3.05, 3.63) is 53.0 Å². The summed E-state index contributed by atoms with van der Waals surface area (Å²) in [5, 5.41) is 4.90. The van der Waals surface area contributed by atoms with Crippen LogP contribution in [0.3, 0.4) is 0 Å². The maximum Gasteiger partial charge on any atom is 0.113 e. The quantitative estimate of drug-likeness (QED) is 0.431. The summed E-state index contributed by atoms with van der Waals surface area (Å²) in [5.74, 6) is 0. The van der Waals surface area contributed by atoms with E-state index in [0.29, 0.717) is 0 Å². The first-order valence-corrected chi connectivity index (χ1v) is 5.91. The molecule has 0 aliphatic rings. The number of fused-ring (bicyclic) bond motifs is 3. The van der Waals surface area contributed by atoms with Crippen LogP contribution in [0.2, 0.25) is 0 Å². The summed E-state index contributed by atoms with van der Waals surface area (Å²) in [5.41, 5.74) is 0.806. The molecule has 16 heavy (non-hydrogen) atoms. The van der Waals surface area contributed by atoms with Gasteiger partial charge in [-0.3, -0.25) is 0 Å². The third kappa shape index (κ3) is 1.54. The van der Waals surface area contributed by atoms with Crippen LogP contribution in [0.1, 0.15) is 0 Å². The minimum atomic E-state index is 0.806. The van der Waals surface area contributed by atoms with Crippen molar-refractivity contribution >= 4 is 50.8 Å². The summed E-state index contributed by atoms with van der Waals surface area (Å²) in [6.45, 7) is 0. The van der Waals surface area contributed by atoms with Crippen LogP contribution in [0, 0.1) is 0 Å². The molecule has 2 radical (unpaired) electrons. The normalized spacial score (nSPS) is 11.1. The summed E-state index contributed by atoms with van der Waals surface area (Å²) in [6.07, 6.45) is 0. The van der Waals surface area contributed by atoms with Crippen LogP contribution in [0.4, 0.5) is 0 Å². The lowest BCUT2D eigenvalue weighted by Crippen LogP contribution is -1.99. The van der Waals surface area contributed by atoms with Crippen LogP contribution in [-0.4, -0.2) is 7.85 Å². The van der Waals surface area contributed by atoms with Crippen LogP contribution in [0.5, 0.6) is 0 Å². The van der Waals surface area contributed by atoms with Gasteiger partial charge in [0.25, 0.3) is 0 Å². The van der Waals surface area contributed by atoms with E-state index in [-0.39, 0.29) is 0 Å². The molecular formula is C14H8BBr. The molecule has 0 heterocycles.